The summed E-state index contributed by atoms with van der Waals surface area (Å²) < 4.78 is 0. The molecule has 0 atom stereocenters. The van der Waals surface area contributed by atoms with E-state index in [1.165, 1.54) is 44.9 Å². The van der Waals surface area contributed by atoms with Gasteiger partial charge in [0.05, 0.1) is 12.2 Å². The van der Waals surface area contributed by atoms with Crippen molar-refractivity contribution in [1.29, 1.82) is 0 Å². The Kier molecular flexibility index (Phi) is 5.24. The van der Waals surface area contributed by atoms with Crippen molar-refractivity contribution in [2.24, 2.45) is 5.92 Å². The van der Waals surface area contributed by atoms with Crippen LogP contribution in [0, 0.1) is 5.92 Å². The van der Waals surface area contributed by atoms with Gasteiger partial charge in [0.25, 0.3) is 0 Å². The van der Waals surface area contributed by atoms with Crippen LogP contribution in [0.25, 0.3) is 0 Å². The third-order valence-electron chi connectivity index (χ3n) is 4.75. The lowest BCUT2D eigenvalue weighted by Crippen LogP contribution is -2.31. The molecule has 120 valence electrons. The highest BCUT2D eigenvalue weighted by atomic mass is 16.1. The molecule has 2 fully saturated rings. The molecule has 0 aromatic carbocycles. The molecule has 0 bridgehead atoms. The van der Waals surface area contributed by atoms with Crippen LogP contribution in [-0.2, 0) is 11.3 Å². The maximum Gasteiger partial charge on any atom is 0.225 e. The Hall–Kier alpha value is -1.65. The van der Waals surface area contributed by atoms with Gasteiger partial charge in [-0.05, 0) is 44.1 Å². The first-order valence-corrected chi connectivity index (χ1v) is 8.65. The monoisotopic (exact) mass is 302 g/mol. The van der Waals surface area contributed by atoms with Crippen LogP contribution in [0.3, 0.4) is 0 Å². The van der Waals surface area contributed by atoms with Crippen molar-refractivity contribution < 1.29 is 4.79 Å². The van der Waals surface area contributed by atoms with E-state index in [9.17, 15) is 4.79 Å². The molecule has 1 aliphatic carbocycles. The summed E-state index contributed by atoms with van der Waals surface area (Å²) in [6.07, 6.45) is 11.2. The van der Waals surface area contributed by atoms with Crippen LogP contribution < -0.4 is 10.2 Å². The van der Waals surface area contributed by atoms with E-state index in [4.69, 9.17) is 0 Å². The molecule has 2 heterocycles. The van der Waals surface area contributed by atoms with E-state index < -0.39 is 0 Å². The Bertz CT molecular complexity index is 493. The van der Waals surface area contributed by atoms with Crippen molar-refractivity contribution >= 4 is 11.9 Å². The smallest absolute Gasteiger partial charge is 0.225 e. The summed E-state index contributed by atoms with van der Waals surface area (Å²) in [6.45, 7) is 2.59. The van der Waals surface area contributed by atoms with Crippen molar-refractivity contribution in [1.82, 2.24) is 15.3 Å². The number of hydrogen-bond acceptors (Lipinski definition) is 4. The number of hydrogen-bond donors (Lipinski definition) is 1. The zero-order valence-corrected chi connectivity index (χ0v) is 13.3. The molecule has 1 aromatic rings. The topological polar surface area (TPSA) is 58.1 Å². The van der Waals surface area contributed by atoms with E-state index in [1.807, 2.05) is 6.07 Å². The van der Waals surface area contributed by atoms with Crippen molar-refractivity contribution in [2.45, 2.75) is 57.9 Å². The molecule has 2 aliphatic rings. The number of piperidine rings is 1. The van der Waals surface area contributed by atoms with Gasteiger partial charge in [-0.2, -0.15) is 0 Å². The Balaban J connectivity index is 1.50. The summed E-state index contributed by atoms with van der Waals surface area (Å²) in [6, 6.07) is 1.89. The lowest BCUT2D eigenvalue weighted by Gasteiger charge is -2.26. The normalized spacial score (nSPS) is 19.4. The van der Waals surface area contributed by atoms with Crippen LogP contribution >= 0.6 is 0 Å². The Morgan fingerprint density at radius 3 is 2.73 bits per heavy atom. The summed E-state index contributed by atoms with van der Waals surface area (Å²) in [5.74, 6) is 1.56. The Morgan fingerprint density at radius 1 is 1.18 bits per heavy atom. The van der Waals surface area contributed by atoms with Crippen LogP contribution in [0.15, 0.2) is 12.3 Å². The molecule has 1 aliphatic heterocycles. The van der Waals surface area contributed by atoms with Gasteiger partial charge >= 0.3 is 0 Å². The molecule has 3 rings (SSSR count). The van der Waals surface area contributed by atoms with E-state index in [2.05, 4.69) is 20.2 Å². The Morgan fingerprint density at radius 2 is 1.95 bits per heavy atom. The van der Waals surface area contributed by atoms with Gasteiger partial charge in [0.2, 0.25) is 11.9 Å². The predicted octanol–water partition coefficient (Wildman–Crippen LogP) is 2.66. The van der Waals surface area contributed by atoms with Crippen LogP contribution in [0.1, 0.15) is 57.1 Å². The minimum atomic E-state index is 0.157. The molecular weight excluding hydrogens is 276 g/mol. The van der Waals surface area contributed by atoms with E-state index in [-0.39, 0.29) is 5.91 Å². The summed E-state index contributed by atoms with van der Waals surface area (Å²) in [5, 5.41) is 3.01. The van der Waals surface area contributed by atoms with Gasteiger partial charge in [0.1, 0.15) is 0 Å². The average molecular weight is 302 g/mol. The van der Waals surface area contributed by atoms with Gasteiger partial charge in [0, 0.05) is 25.7 Å². The van der Waals surface area contributed by atoms with E-state index in [0.717, 1.165) is 24.7 Å². The molecule has 1 saturated carbocycles. The van der Waals surface area contributed by atoms with Crippen molar-refractivity contribution in [3.8, 4) is 0 Å². The second-order valence-corrected chi connectivity index (χ2v) is 6.53. The maximum absolute atomic E-state index is 12.0. The van der Waals surface area contributed by atoms with Gasteiger partial charge < -0.3 is 10.2 Å². The number of amides is 1. The van der Waals surface area contributed by atoms with Gasteiger partial charge in [-0.3, -0.25) is 4.79 Å². The molecule has 5 heteroatoms. The molecular formula is C17H26N4O. The van der Waals surface area contributed by atoms with E-state index in [0.29, 0.717) is 18.9 Å². The third kappa shape index (κ3) is 4.18. The van der Waals surface area contributed by atoms with Crippen LogP contribution in [0.2, 0.25) is 0 Å². The fourth-order valence-electron chi connectivity index (χ4n) is 3.47. The number of carbonyl (C=O) groups excluding carboxylic acids is 1. The third-order valence-corrected chi connectivity index (χ3v) is 4.75. The SMILES string of the molecule is O=C(CC1CCCC1)NCc1ccnc(N2CCCCC2)n1. The fourth-order valence-corrected chi connectivity index (χ4v) is 3.47. The number of rotatable bonds is 5. The molecule has 22 heavy (non-hydrogen) atoms. The molecule has 1 amide bonds. The van der Waals surface area contributed by atoms with Gasteiger partial charge in [-0.15, -0.1) is 0 Å². The zero-order chi connectivity index (χ0) is 15.2. The van der Waals surface area contributed by atoms with Crippen molar-refractivity contribution in [2.75, 3.05) is 18.0 Å². The molecule has 5 nitrogen and oxygen atoms in total. The minimum Gasteiger partial charge on any atom is -0.350 e. The molecule has 1 aromatic heterocycles. The first kappa shape index (κ1) is 15.3. The quantitative estimate of drug-likeness (QED) is 0.908. The lowest BCUT2D eigenvalue weighted by molar-refractivity contribution is -0.122. The zero-order valence-electron chi connectivity index (χ0n) is 13.3. The second-order valence-electron chi connectivity index (χ2n) is 6.53. The lowest BCUT2D eigenvalue weighted by atomic mass is 10.0. The maximum atomic E-state index is 12.0. The number of carbonyl (C=O) groups is 1. The minimum absolute atomic E-state index is 0.157. The highest BCUT2D eigenvalue weighted by Gasteiger charge is 2.18. The Labute approximate surface area is 132 Å². The molecule has 1 saturated heterocycles. The highest BCUT2D eigenvalue weighted by molar-refractivity contribution is 5.76. The number of anilines is 1. The molecule has 0 radical (unpaired) electrons. The standard InChI is InChI=1S/C17H26N4O/c22-16(12-14-6-2-3-7-14)19-13-15-8-9-18-17(20-15)21-10-4-1-5-11-21/h8-9,14H,1-7,10-13H2,(H,19,22). The second kappa shape index (κ2) is 7.56. The summed E-state index contributed by atoms with van der Waals surface area (Å²) >= 11 is 0. The first-order valence-electron chi connectivity index (χ1n) is 8.65. The average Bonchev–Trinajstić information content (AvgIpc) is 3.07. The van der Waals surface area contributed by atoms with Crippen molar-refractivity contribution in [3.63, 3.8) is 0 Å². The van der Waals surface area contributed by atoms with Crippen molar-refractivity contribution in [3.05, 3.63) is 18.0 Å². The fraction of sp³-hybridized carbons (Fsp3) is 0.706. The van der Waals surface area contributed by atoms with Crippen LogP contribution in [0.4, 0.5) is 5.95 Å². The van der Waals surface area contributed by atoms with Crippen LogP contribution in [-0.4, -0.2) is 29.0 Å². The van der Waals surface area contributed by atoms with E-state index in [1.54, 1.807) is 6.20 Å². The van der Waals surface area contributed by atoms with E-state index >= 15 is 0 Å². The number of nitrogens with zero attached hydrogens (tertiary/aromatic N) is 3. The number of aromatic nitrogens is 2. The van der Waals surface area contributed by atoms with Gasteiger partial charge in [-0.1, -0.05) is 12.8 Å². The van der Waals surface area contributed by atoms with Gasteiger partial charge in [-0.25, -0.2) is 9.97 Å². The van der Waals surface area contributed by atoms with Crippen LogP contribution in [0.5, 0.6) is 0 Å². The number of nitrogens with one attached hydrogen (secondary N) is 1. The largest absolute Gasteiger partial charge is 0.350 e. The molecule has 0 unspecified atom stereocenters. The summed E-state index contributed by atoms with van der Waals surface area (Å²) in [5.41, 5.74) is 0.898. The highest BCUT2D eigenvalue weighted by Crippen LogP contribution is 2.27. The molecule has 0 spiro atoms. The molecule has 1 N–H and O–H groups in total. The van der Waals surface area contributed by atoms with Gasteiger partial charge in [0.15, 0.2) is 0 Å². The summed E-state index contributed by atoms with van der Waals surface area (Å²) in [4.78, 5) is 23.2. The summed E-state index contributed by atoms with van der Waals surface area (Å²) in [7, 11) is 0. The first-order chi connectivity index (χ1) is 10.8. The predicted molar refractivity (Wildman–Crippen MR) is 86.5 cm³/mol.